The largest absolute Gasteiger partial charge is 0.497 e. The van der Waals surface area contributed by atoms with Crippen LogP contribution in [0.4, 0.5) is 0 Å². The third kappa shape index (κ3) is 5.96. The predicted molar refractivity (Wildman–Crippen MR) is 143 cm³/mol. The van der Waals surface area contributed by atoms with Crippen molar-refractivity contribution in [3.63, 3.8) is 0 Å². The Hall–Kier alpha value is -3.05. The predicted octanol–water partition coefficient (Wildman–Crippen LogP) is 5.74. The van der Waals surface area contributed by atoms with E-state index in [1.165, 1.54) is 61.8 Å². The van der Waals surface area contributed by atoms with Gasteiger partial charge in [0.2, 0.25) is 5.91 Å². The first kappa shape index (κ1) is 23.7. The number of aromatic nitrogens is 1. The summed E-state index contributed by atoms with van der Waals surface area (Å²) >= 11 is 0. The van der Waals surface area contributed by atoms with Crippen LogP contribution in [0.1, 0.15) is 55.6 Å². The van der Waals surface area contributed by atoms with Crippen molar-refractivity contribution in [3.05, 3.63) is 71.9 Å². The molecular weight excluding hydrogens is 434 g/mol. The maximum atomic E-state index is 12.4. The zero-order valence-electron chi connectivity index (χ0n) is 20.7. The van der Waals surface area contributed by atoms with Crippen molar-refractivity contribution < 1.29 is 9.53 Å². The number of amides is 1. The van der Waals surface area contributed by atoms with Gasteiger partial charge in [-0.1, -0.05) is 30.3 Å². The summed E-state index contributed by atoms with van der Waals surface area (Å²) in [7, 11) is 1.65. The Morgan fingerprint density at radius 3 is 2.51 bits per heavy atom. The Morgan fingerprint density at radius 1 is 1.03 bits per heavy atom. The lowest BCUT2D eigenvalue weighted by Crippen LogP contribution is -2.41. The molecule has 0 radical (unpaired) electrons. The van der Waals surface area contributed by atoms with Crippen LogP contribution in [0.25, 0.3) is 17.0 Å². The van der Waals surface area contributed by atoms with Crippen LogP contribution in [0, 0.1) is 5.92 Å². The molecule has 0 atom stereocenters. The van der Waals surface area contributed by atoms with Crippen LogP contribution in [0.15, 0.2) is 60.8 Å². The number of piperidine rings is 1. The van der Waals surface area contributed by atoms with Gasteiger partial charge in [0.15, 0.2) is 0 Å². The topological polar surface area (TPSA) is 57.4 Å². The molecule has 5 rings (SSSR count). The first-order chi connectivity index (χ1) is 17.2. The normalized spacial score (nSPS) is 22.0. The lowest BCUT2D eigenvalue weighted by atomic mass is 9.84. The van der Waals surface area contributed by atoms with Crippen molar-refractivity contribution >= 4 is 22.9 Å². The van der Waals surface area contributed by atoms with Crippen molar-refractivity contribution in [2.45, 2.75) is 50.5 Å². The minimum absolute atomic E-state index is 0.00335. The number of aromatic amines is 1. The molecule has 1 amide bonds. The van der Waals surface area contributed by atoms with E-state index in [1.54, 1.807) is 13.2 Å². The second-order valence-electron chi connectivity index (χ2n) is 10.2. The molecule has 2 N–H and O–H groups in total. The number of carbonyl (C=O) groups excluding carboxylic acids is 1. The fraction of sp³-hybridized carbons (Fsp3) is 0.433. The van der Waals surface area contributed by atoms with Crippen LogP contribution < -0.4 is 10.1 Å². The van der Waals surface area contributed by atoms with E-state index in [2.05, 4.69) is 45.7 Å². The zero-order valence-corrected chi connectivity index (χ0v) is 20.7. The van der Waals surface area contributed by atoms with Crippen LogP contribution in [-0.4, -0.2) is 48.6 Å². The van der Waals surface area contributed by atoms with Gasteiger partial charge >= 0.3 is 0 Å². The van der Waals surface area contributed by atoms with E-state index in [0.717, 1.165) is 30.1 Å². The number of nitrogens with one attached hydrogen (secondary N) is 2. The van der Waals surface area contributed by atoms with Crippen molar-refractivity contribution in [2.24, 2.45) is 5.92 Å². The molecular formula is C30H37N3O2. The SMILES string of the molecule is COc1ccc(/C=C/C(=O)NC2CCC(CN3CCC(c4c[nH]c5ccccc45)CC3)CC2)cc1. The van der Waals surface area contributed by atoms with E-state index < -0.39 is 0 Å². The average Bonchev–Trinajstić information content (AvgIpc) is 3.34. The van der Waals surface area contributed by atoms with Crippen molar-refractivity contribution in [1.29, 1.82) is 0 Å². The number of carbonyl (C=O) groups is 1. The molecule has 1 aliphatic carbocycles. The number of nitrogens with zero attached hydrogens (tertiary/aromatic N) is 1. The number of rotatable bonds is 7. The maximum Gasteiger partial charge on any atom is 0.244 e. The van der Waals surface area contributed by atoms with Gasteiger partial charge in [0.25, 0.3) is 0 Å². The fourth-order valence-electron chi connectivity index (χ4n) is 5.85. The highest BCUT2D eigenvalue weighted by molar-refractivity contribution is 5.91. The van der Waals surface area contributed by atoms with E-state index in [1.807, 2.05) is 30.3 Å². The van der Waals surface area contributed by atoms with E-state index in [0.29, 0.717) is 12.0 Å². The van der Waals surface area contributed by atoms with Crippen LogP contribution >= 0.6 is 0 Å². The van der Waals surface area contributed by atoms with Gasteiger partial charge in [-0.15, -0.1) is 0 Å². The third-order valence-electron chi connectivity index (χ3n) is 7.90. The molecule has 184 valence electrons. The fourth-order valence-corrected chi connectivity index (χ4v) is 5.85. The minimum atomic E-state index is 0.00335. The second-order valence-corrected chi connectivity index (χ2v) is 10.2. The molecule has 3 aromatic rings. The van der Waals surface area contributed by atoms with Gasteiger partial charge in [-0.3, -0.25) is 4.79 Å². The van der Waals surface area contributed by atoms with Gasteiger partial charge in [0.1, 0.15) is 5.75 Å². The molecule has 1 aromatic heterocycles. The highest BCUT2D eigenvalue weighted by atomic mass is 16.5. The number of benzene rings is 2. The molecule has 0 bridgehead atoms. The second kappa shape index (κ2) is 11.1. The van der Waals surface area contributed by atoms with Gasteiger partial charge < -0.3 is 19.9 Å². The molecule has 0 spiro atoms. The monoisotopic (exact) mass is 471 g/mol. The molecule has 5 nitrogen and oxygen atoms in total. The summed E-state index contributed by atoms with van der Waals surface area (Å²) in [5, 5.41) is 4.60. The summed E-state index contributed by atoms with van der Waals surface area (Å²) < 4.78 is 5.18. The number of hydrogen-bond acceptors (Lipinski definition) is 3. The molecule has 5 heteroatoms. The molecule has 2 heterocycles. The Balaban J connectivity index is 1.03. The lowest BCUT2D eigenvalue weighted by Gasteiger charge is -2.36. The van der Waals surface area contributed by atoms with Crippen molar-refractivity contribution in [1.82, 2.24) is 15.2 Å². The van der Waals surface area contributed by atoms with Gasteiger partial charge in [-0.2, -0.15) is 0 Å². The van der Waals surface area contributed by atoms with E-state index >= 15 is 0 Å². The quantitative estimate of drug-likeness (QED) is 0.432. The lowest BCUT2D eigenvalue weighted by molar-refractivity contribution is -0.117. The number of methoxy groups -OCH3 is 1. The number of likely N-dealkylation sites (tertiary alicyclic amines) is 1. The molecule has 0 unspecified atom stereocenters. The number of H-pyrrole nitrogens is 1. The zero-order chi connectivity index (χ0) is 24.0. The Bertz CT molecular complexity index is 1130. The summed E-state index contributed by atoms with van der Waals surface area (Å²) in [5.74, 6) is 2.24. The molecule has 2 aliphatic rings. The van der Waals surface area contributed by atoms with Gasteiger partial charge in [-0.05, 0) is 98.9 Å². The molecule has 2 fully saturated rings. The molecule has 1 saturated carbocycles. The Morgan fingerprint density at radius 2 is 1.77 bits per heavy atom. The van der Waals surface area contributed by atoms with Crippen LogP contribution in [0.3, 0.4) is 0 Å². The molecule has 2 aromatic carbocycles. The maximum absolute atomic E-state index is 12.4. The highest BCUT2D eigenvalue weighted by Crippen LogP contribution is 2.34. The number of fused-ring (bicyclic) bond motifs is 1. The Kier molecular flexibility index (Phi) is 7.53. The molecule has 1 saturated heterocycles. The number of ether oxygens (including phenoxy) is 1. The summed E-state index contributed by atoms with van der Waals surface area (Å²) in [6, 6.07) is 16.7. The van der Waals surface area contributed by atoms with E-state index in [4.69, 9.17) is 4.74 Å². The van der Waals surface area contributed by atoms with Gasteiger partial charge in [0, 0.05) is 35.8 Å². The van der Waals surface area contributed by atoms with Crippen LogP contribution in [0.5, 0.6) is 5.75 Å². The average molecular weight is 472 g/mol. The van der Waals surface area contributed by atoms with E-state index in [9.17, 15) is 4.79 Å². The summed E-state index contributed by atoms with van der Waals surface area (Å²) in [4.78, 5) is 18.5. The Labute approximate surface area is 208 Å². The van der Waals surface area contributed by atoms with Gasteiger partial charge in [-0.25, -0.2) is 0 Å². The first-order valence-corrected chi connectivity index (χ1v) is 13.1. The number of para-hydroxylation sites is 1. The summed E-state index contributed by atoms with van der Waals surface area (Å²) in [5.41, 5.74) is 3.75. The molecule has 35 heavy (non-hydrogen) atoms. The standard InChI is InChI=1S/C30H37N3O2/c1-35-26-13-8-22(9-14-26)10-15-30(34)32-25-11-6-23(7-12-25)21-33-18-16-24(17-19-33)28-20-31-29-5-3-2-4-27(28)29/h2-5,8-10,13-15,20,23-25,31H,6-7,11-12,16-19,21H2,1H3,(H,32,34)/b15-10+. The van der Waals surface area contributed by atoms with Crippen LogP contribution in [0.2, 0.25) is 0 Å². The van der Waals surface area contributed by atoms with Crippen molar-refractivity contribution in [3.8, 4) is 5.75 Å². The van der Waals surface area contributed by atoms with Crippen molar-refractivity contribution in [2.75, 3.05) is 26.7 Å². The van der Waals surface area contributed by atoms with E-state index in [-0.39, 0.29) is 5.91 Å². The minimum Gasteiger partial charge on any atom is -0.497 e. The molecule has 1 aliphatic heterocycles. The van der Waals surface area contributed by atoms with Crippen LogP contribution in [-0.2, 0) is 4.79 Å². The highest BCUT2D eigenvalue weighted by Gasteiger charge is 2.27. The summed E-state index contributed by atoms with van der Waals surface area (Å²) in [6.07, 6.45) is 12.8. The third-order valence-corrected chi connectivity index (χ3v) is 7.90. The smallest absolute Gasteiger partial charge is 0.244 e. The summed E-state index contributed by atoms with van der Waals surface area (Å²) in [6.45, 7) is 3.59. The first-order valence-electron chi connectivity index (χ1n) is 13.1. The van der Waals surface area contributed by atoms with Gasteiger partial charge in [0.05, 0.1) is 7.11 Å². The number of hydrogen-bond donors (Lipinski definition) is 2.